The highest BCUT2D eigenvalue weighted by Crippen LogP contribution is 2.63. The zero-order valence-corrected chi connectivity index (χ0v) is 14.3. The predicted molar refractivity (Wildman–Crippen MR) is 90.9 cm³/mol. The smallest absolute Gasteiger partial charge is 0.227 e. The van der Waals surface area contributed by atoms with E-state index in [0.29, 0.717) is 37.2 Å². The number of carbonyl (C=O) groups excluding carboxylic acids is 1. The van der Waals surface area contributed by atoms with Crippen LogP contribution in [0.2, 0.25) is 0 Å². The molecule has 4 bridgehead atoms. The number of fused-ring (bicyclic) bond motifs is 1. The number of para-hydroxylation sites is 1. The molecule has 0 radical (unpaired) electrons. The number of benzene rings is 1. The van der Waals surface area contributed by atoms with Crippen molar-refractivity contribution in [2.75, 3.05) is 18.1 Å². The van der Waals surface area contributed by atoms with Crippen molar-refractivity contribution in [3.63, 3.8) is 0 Å². The van der Waals surface area contributed by atoms with Gasteiger partial charge in [-0.1, -0.05) is 6.07 Å². The lowest BCUT2D eigenvalue weighted by atomic mass is 9.47. The second kappa shape index (κ2) is 5.19. The third kappa shape index (κ3) is 2.47. The maximum atomic E-state index is 14.3. The van der Waals surface area contributed by atoms with Crippen molar-refractivity contribution in [2.24, 2.45) is 17.3 Å². The predicted octanol–water partition coefficient (Wildman–Crippen LogP) is 3.27. The van der Waals surface area contributed by atoms with Crippen LogP contribution in [0.3, 0.4) is 0 Å². The van der Waals surface area contributed by atoms with Gasteiger partial charge in [0.25, 0.3) is 0 Å². The molecule has 134 valence electrons. The van der Waals surface area contributed by atoms with Crippen molar-refractivity contribution in [3.8, 4) is 5.75 Å². The van der Waals surface area contributed by atoms with Gasteiger partial charge in [-0.2, -0.15) is 0 Å². The maximum absolute atomic E-state index is 14.3. The molecule has 4 nitrogen and oxygen atoms in total. The molecule has 0 spiro atoms. The summed E-state index contributed by atoms with van der Waals surface area (Å²) < 4.78 is 19.8. The molecule has 2 unspecified atom stereocenters. The van der Waals surface area contributed by atoms with Crippen molar-refractivity contribution in [1.82, 2.24) is 0 Å². The van der Waals surface area contributed by atoms with Crippen LogP contribution in [0.5, 0.6) is 5.75 Å². The second-order valence-electron chi connectivity index (χ2n) is 8.84. The first-order valence-corrected chi connectivity index (χ1v) is 9.39. The van der Waals surface area contributed by atoms with E-state index < -0.39 is 11.4 Å². The van der Waals surface area contributed by atoms with Gasteiger partial charge < -0.3 is 14.7 Å². The standard InChI is InChI=1S/C20H24FNO3/c21-15-2-1-3-16-18(15)22(4-5-25-16)17(23)11-19-7-13-6-14(8-19)10-20(24,9-13)12-19/h1-3,13-14,24H,4-12H2. The topological polar surface area (TPSA) is 49.8 Å². The molecule has 25 heavy (non-hydrogen) atoms. The van der Waals surface area contributed by atoms with E-state index in [-0.39, 0.29) is 17.0 Å². The average molecular weight is 345 g/mol. The van der Waals surface area contributed by atoms with Gasteiger partial charge in [-0.3, -0.25) is 4.79 Å². The van der Waals surface area contributed by atoms with Crippen LogP contribution in [-0.4, -0.2) is 29.8 Å². The Morgan fingerprint density at radius 2 is 2.04 bits per heavy atom. The second-order valence-corrected chi connectivity index (χ2v) is 8.84. The van der Waals surface area contributed by atoms with Gasteiger partial charge in [-0.25, -0.2) is 4.39 Å². The molecule has 4 aliphatic carbocycles. The average Bonchev–Trinajstić information content (AvgIpc) is 2.51. The summed E-state index contributed by atoms with van der Waals surface area (Å²) in [5, 5.41) is 10.9. The number of ether oxygens (including phenoxy) is 1. The summed E-state index contributed by atoms with van der Waals surface area (Å²) in [5.41, 5.74) is -0.389. The summed E-state index contributed by atoms with van der Waals surface area (Å²) in [6, 6.07) is 4.70. The number of nitrogens with zero attached hydrogens (tertiary/aromatic N) is 1. The summed E-state index contributed by atoms with van der Waals surface area (Å²) in [6.07, 6.45) is 6.21. The van der Waals surface area contributed by atoms with Gasteiger partial charge >= 0.3 is 0 Å². The van der Waals surface area contributed by atoms with Crippen LogP contribution in [0.15, 0.2) is 18.2 Å². The third-order valence-electron chi connectivity index (χ3n) is 6.77. The summed E-state index contributed by atoms with van der Waals surface area (Å²) in [7, 11) is 0. The Balaban J connectivity index is 1.42. The van der Waals surface area contributed by atoms with Crippen LogP contribution in [0, 0.1) is 23.1 Å². The molecule has 4 fully saturated rings. The first kappa shape index (κ1) is 15.6. The number of hydrogen-bond donors (Lipinski definition) is 1. The van der Waals surface area contributed by atoms with Crippen molar-refractivity contribution in [3.05, 3.63) is 24.0 Å². The Labute approximate surface area is 147 Å². The van der Waals surface area contributed by atoms with Gasteiger partial charge in [0.05, 0.1) is 12.1 Å². The fourth-order valence-electron chi connectivity index (χ4n) is 6.51. The number of amides is 1. The van der Waals surface area contributed by atoms with Gasteiger partial charge in [0, 0.05) is 6.42 Å². The molecule has 1 aromatic carbocycles. The summed E-state index contributed by atoms with van der Waals surface area (Å²) in [5.74, 6) is 1.11. The lowest BCUT2D eigenvalue weighted by molar-refractivity contribution is -0.168. The quantitative estimate of drug-likeness (QED) is 0.895. The Bertz CT molecular complexity index is 720. The first-order valence-electron chi connectivity index (χ1n) is 9.39. The molecule has 1 aromatic rings. The lowest BCUT2D eigenvalue weighted by Gasteiger charge is -2.60. The van der Waals surface area contributed by atoms with E-state index in [0.717, 1.165) is 32.1 Å². The molecule has 4 saturated carbocycles. The Morgan fingerprint density at radius 3 is 2.76 bits per heavy atom. The number of rotatable bonds is 2. The molecule has 0 aromatic heterocycles. The number of halogens is 1. The SMILES string of the molecule is O=C(CC12CC3CC(CC(O)(C3)C1)C2)N1CCOc2cccc(F)c21. The van der Waals surface area contributed by atoms with Crippen LogP contribution < -0.4 is 9.64 Å². The molecule has 5 aliphatic rings. The minimum absolute atomic E-state index is 0.0276. The van der Waals surface area contributed by atoms with Crippen LogP contribution >= 0.6 is 0 Å². The maximum Gasteiger partial charge on any atom is 0.227 e. The van der Waals surface area contributed by atoms with Gasteiger partial charge in [0.1, 0.15) is 18.0 Å². The Kier molecular flexibility index (Phi) is 3.25. The van der Waals surface area contributed by atoms with E-state index in [4.69, 9.17) is 4.74 Å². The van der Waals surface area contributed by atoms with E-state index in [2.05, 4.69) is 0 Å². The number of hydrogen-bond acceptors (Lipinski definition) is 3. The molecule has 1 aliphatic heterocycles. The molecule has 5 heteroatoms. The highest BCUT2D eigenvalue weighted by Gasteiger charge is 2.57. The molecule has 1 amide bonds. The van der Waals surface area contributed by atoms with Crippen LogP contribution in [0.4, 0.5) is 10.1 Å². The Morgan fingerprint density at radius 1 is 1.28 bits per heavy atom. The fraction of sp³-hybridized carbons (Fsp3) is 0.650. The van der Waals surface area contributed by atoms with E-state index in [9.17, 15) is 14.3 Å². The molecule has 2 atom stereocenters. The van der Waals surface area contributed by atoms with Gasteiger partial charge in [-0.05, 0) is 67.9 Å². The number of anilines is 1. The van der Waals surface area contributed by atoms with Crippen molar-refractivity contribution < 1.29 is 19.0 Å². The molecule has 6 rings (SSSR count). The summed E-state index contributed by atoms with van der Waals surface area (Å²) in [4.78, 5) is 14.7. The third-order valence-corrected chi connectivity index (χ3v) is 6.77. The molecule has 1 N–H and O–H groups in total. The number of carbonyl (C=O) groups is 1. The minimum atomic E-state index is -0.571. The summed E-state index contributed by atoms with van der Waals surface area (Å²) in [6.45, 7) is 0.782. The Hall–Kier alpha value is -1.62. The van der Waals surface area contributed by atoms with Crippen LogP contribution in [0.25, 0.3) is 0 Å². The van der Waals surface area contributed by atoms with E-state index in [1.165, 1.54) is 12.5 Å². The van der Waals surface area contributed by atoms with E-state index in [1.807, 2.05) is 0 Å². The van der Waals surface area contributed by atoms with Crippen LogP contribution in [0.1, 0.15) is 44.9 Å². The molecule has 1 heterocycles. The van der Waals surface area contributed by atoms with Crippen molar-refractivity contribution in [1.29, 1.82) is 0 Å². The zero-order chi connectivity index (χ0) is 17.2. The zero-order valence-electron chi connectivity index (χ0n) is 14.3. The highest BCUT2D eigenvalue weighted by molar-refractivity contribution is 5.95. The molecule has 0 saturated heterocycles. The first-order chi connectivity index (χ1) is 12.0. The molecular formula is C20H24FNO3. The van der Waals surface area contributed by atoms with E-state index >= 15 is 0 Å². The number of aliphatic hydroxyl groups is 1. The fourth-order valence-corrected chi connectivity index (χ4v) is 6.51. The largest absolute Gasteiger partial charge is 0.489 e. The van der Waals surface area contributed by atoms with Crippen LogP contribution in [-0.2, 0) is 4.79 Å². The summed E-state index contributed by atoms with van der Waals surface area (Å²) >= 11 is 0. The monoisotopic (exact) mass is 345 g/mol. The van der Waals surface area contributed by atoms with Gasteiger partial charge in [0.2, 0.25) is 5.91 Å². The lowest BCUT2D eigenvalue weighted by Crippen LogP contribution is -2.57. The normalized spacial score (nSPS) is 38.4. The van der Waals surface area contributed by atoms with Crippen molar-refractivity contribution >= 4 is 11.6 Å². The molecular weight excluding hydrogens is 321 g/mol. The van der Waals surface area contributed by atoms with Gasteiger partial charge in [-0.15, -0.1) is 0 Å². The van der Waals surface area contributed by atoms with Gasteiger partial charge in [0.15, 0.2) is 5.82 Å². The van der Waals surface area contributed by atoms with Crippen molar-refractivity contribution in [2.45, 2.75) is 50.5 Å². The highest BCUT2D eigenvalue weighted by atomic mass is 19.1. The minimum Gasteiger partial charge on any atom is -0.489 e. The van der Waals surface area contributed by atoms with E-state index in [1.54, 1.807) is 17.0 Å².